The van der Waals surface area contributed by atoms with Gasteiger partial charge in [0.15, 0.2) is 9.71 Å². The molecular formula is C10H15Cl3O4. The highest BCUT2D eigenvalue weighted by Gasteiger charge is 2.28. The Labute approximate surface area is 115 Å². The number of ether oxygens (including phenoxy) is 2. The van der Waals surface area contributed by atoms with E-state index in [0.717, 1.165) is 0 Å². The van der Waals surface area contributed by atoms with Crippen LogP contribution in [0.3, 0.4) is 0 Å². The molecule has 17 heavy (non-hydrogen) atoms. The molecule has 0 bridgehead atoms. The molecule has 0 aliphatic heterocycles. The first-order chi connectivity index (χ1) is 7.81. The van der Waals surface area contributed by atoms with Gasteiger partial charge in [-0.2, -0.15) is 0 Å². The van der Waals surface area contributed by atoms with Crippen LogP contribution in [0.1, 0.15) is 25.7 Å². The van der Waals surface area contributed by atoms with E-state index in [1.807, 2.05) is 0 Å². The first-order valence-electron chi connectivity index (χ1n) is 5.04. The summed E-state index contributed by atoms with van der Waals surface area (Å²) in [5.74, 6) is -2.11. The Kier molecular flexibility index (Phi) is 7.92. The van der Waals surface area contributed by atoms with Crippen molar-refractivity contribution in [2.45, 2.75) is 29.5 Å². The molecule has 0 aliphatic carbocycles. The van der Waals surface area contributed by atoms with Crippen molar-refractivity contribution in [3.8, 4) is 0 Å². The van der Waals surface area contributed by atoms with Gasteiger partial charge in [-0.3, -0.25) is 9.59 Å². The minimum absolute atomic E-state index is 0.320. The molecule has 0 atom stereocenters. The number of alkyl halides is 3. The summed E-state index contributed by atoms with van der Waals surface area (Å²) in [6.45, 7) is 0. The van der Waals surface area contributed by atoms with Gasteiger partial charge in [-0.15, -0.1) is 0 Å². The Morgan fingerprint density at radius 3 is 1.88 bits per heavy atom. The van der Waals surface area contributed by atoms with Crippen molar-refractivity contribution in [3.05, 3.63) is 0 Å². The number of carbonyl (C=O) groups is 2. The Bertz CT molecular complexity index is 247. The van der Waals surface area contributed by atoms with Gasteiger partial charge >= 0.3 is 11.9 Å². The Morgan fingerprint density at radius 1 is 1.06 bits per heavy atom. The van der Waals surface area contributed by atoms with Gasteiger partial charge in [-0.1, -0.05) is 41.2 Å². The highest BCUT2D eigenvalue weighted by Crippen LogP contribution is 2.32. The van der Waals surface area contributed by atoms with Gasteiger partial charge in [-0.25, -0.2) is 0 Å². The van der Waals surface area contributed by atoms with Gasteiger partial charge in [0, 0.05) is 0 Å². The van der Waals surface area contributed by atoms with Gasteiger partial charge in [0.1, 0.15) is 0 Å². The van der Waals surface area contributed by atoms with E-state index in [9.17, 15) is 9.59 Å². The highest BCUT2D eigenvalue weighted by molar-refractivity contribution is 6.67. The monoisotopic (exact) mass is 304 g/mol. The van der Waals surface area contributed by atoms with Crippen molar-refractivity contribution in [3.63, 3.8) is 0 Å². The molecule has 0 heterocycles. The van der Waals surface area contributed by atoms with Gasteiger partial charge < -0.3 is 9.47 Å². The van der Waals surface area contributed by atoms with Gasteiger partial charge in [0.2, 0.25) is 0 Å². The fraction of sp³-hybridized carbons (Fsp3) is 0.800. The first-order valence-corrected chi connectivity index (χ1v) is 6.17. The molecule has 0 aromatic rings. The van der Waals surface area contributed by atoms with Gasteiger partial charge in [0.25, 0.3) is 0 Å². The van der Waals surface area contributed by atoms with Crippen LogP contribution in [-0.2, 0) is 19.1 Å². The number of esters is 2. The summed E-state index contributed by atoms with van der Waals surface area (Å²) in [6, 6.07) is 0. The molecule has 0 saturated heterocycles. The Morgan fingerprint density at radius 2 is 1.53 bits per heavy atom. The average molecular weight is 306 g/mol. The van der Waals surface area contributed by atoms with E-state index in [1.54, 1.807) is 0 Å². The van der Waals surface area contributed by atoms with Crippen LogP contribution in [0.15, 0.2) is 0 Å². The normalized spacial score (nSPS) is 11.4. The number of carbonyl (C=O) groups excluding carboxylic acids is 2. The molecular weight excluding hydrogens is 290 g/mol. The second-order valence-corrected chi connectivity index (χ2v) is 5.98. The zero-order valence-corrected chi connectivity index (χ0v) is 11.9. The topological polar surface area (TPSA) is 52.6 Å². The summed E-state index contributed by atoms with van der Waals surface area (Å²) in [5.41, 5.74) is 0. The fourth-order valence-electron chi connectivity index (χ4n) is 1.29. The molecule has 0 saturated carbocycles. The molecule has 0 radical (unpaired) electrons. The zero-order valence-electron chi connectivity index (χ0n) is 9.67. The van der Waals surface area contributed by atoms with Crippen molar-refractivity contribution in [1.82, 2.24) is 0 Å². The maximum Gasteiger partial charge on any atom is 0.320 e. The summed E-state index contributed by atoms with van der Waals surface area (Å²) < 4.78 is 7.73. The molecule has 4 nitrogen and oxygen atoms in total. The van der Waals surface area contributed by atoms with Crippen molar-refractivity contribution in [2.24, 2.45) is 5.92 Å². The van der Waals surface area contributed by atoms with E-state index in [4.69, 9.17) is 34.8 Å². The van der Waals surface area contributed by atoms with Crippen LogP contribution in [0.5, 0.6) is 0 Å². The molecule has 0 aliphatic rings. The summed E-state index contributed by atoms with van der Waals surface area (Å²) in [7, 11) is 2.44. The molecule has 0 aromatic carbocycles. The summed E-state index contributed by atoms with van der Waals surface area (Å²) in [6.07, 6.45) is 1.86. The Hall–Kier alpha value is -0.190. The van der Waals surface area contributed by atoms with E-state index in [2.05, 4.69) is 9.47 Å². The lowest BCUT2D eigenvalue weighted by atomic mass is 10.0. The minimum atomic E-state index is -1.30. The van der Waals surface area contributed by atoms with E-state index < -0.39 is 21.6 Å². The largest absolute Gasteiger partial charge is 0.468 e. The van der Waals surface area contributed by atoms with E-state index in [-0.39, 0.29) is 0 Å². The van der Waals surface area contributed by atoms with E-state index in [1.165, 1.54) is 14.2 Å². The lowest BCUT2D eigenvalue weighted by Crippen LogP contribution is -2.26. The van der Waals surface area contributed by atoms with Gasteiger partial charge in [0.05, 0.1) is 14.2 Å². The van der Waals surface area contributed by atoms with E-state index >= 15 is 0 Å². The predicted octanol–water partition coefficient (Wildman–Crippen LogP) is 2.88. The maximum absolute atomic E-state index is 11.3. The average Bonchev–Trinajstić information content (AvgIpc) is 2.26. The second kappa shape index (κ2) is 8.01. The van der Waals surface area contributed by atoms with Crippen LogP contribution < -0.4 is 0 Å². The highest BCUT2D eigenvalue weighted by atomic mass is 35.6. The molecule has 0 fully saturated rings. The Balaban J connectivity index is 4.10. The van der Waals surface area contributed by atoms with Crippen LogP contribution in [0.4, 0.5) is 0 Å². The fourth-order valence-corrected chi connectivity index (χ4v) is 1.69. The number of halogens is 3. The van der Waals surface area contributed by atoms with Crippen LogP contribution in [-0.4, -0.2) is 30.0 Å². The molecule has 7 heteroatoms. The number of hydrogen-bond donors (Lipinski definition) is 0. The molecule has 0 unspecified atom stereocenters. The number of hydrogen-bond acceptors (Lipinski definition) is 4. The molecule has 0 N–H and O–H groups in total. The van der Waals surface area contributed by atoms with Crippen molar-refractivity contribution in [1.29, 1.82) is 0 Å². The lowest BCUT2D eigenvalue weighted by Gasteiger charge is -2.13. The molecule has 0 aromatic heterocycles. The summed E-state index contributed by atoms with van der Waals surface area (Å²) >= 11 is 16.7. The molecule has 0 spiro atoms. The smallest absolute Gasteiger partial charge is 0.320 e. The molecule has 100 valence electrons. The van der Waals surface area contributed by atoms with Crippen LogP contribution in [0, 0.1) is 5.92 Å². The SMILES string of the molecule is COC(=O)C(CCCCC(Cl)(Cl)Cl)C(=O)OC. The van der Waals surface area contributed by atoms with Crippen molar-refractivity contribution < 1.29 is 19.1 Å². The van der Waals surface area contributed by atoms with Crippen LogP contribution >= 0.6 is 34.8 Å². The standard InChI is InChI=1S/C10H15Cl3O4/c1-16-8(14)7(9(15)17-2)5-3-4-6-10(11,12)13/h7H,3-6H2,1-2H3. The van der Waals surface area contributed by atoms with Crippen LogP contribution in [0.25, 0.3) is 0 Å². The first kappa shape index (κ1) is 16.8. The zero-order chi connectivity index (χ0) is 13.5. The third kappa shape index (κ3) is 7.68. The summed E-state index contributed by atoms with van der Waals surface area (Å²) in [4.78, 5) is 22.6. The third-order valence-electron chi connectivity index (χ3n) is 2.17. The quantitative estimate of drug-likeness (QED) is 0.328. The number of rotatable bonds is 6. The number of unbranched alkanes of at least 4 members (excludes halogenated alkanes) is 1. The minimum Gasteiger partial charge on any atom is -0.468 e. The lowest BCUT2D eigenvalue weighted by molar-refractivity contribution is -0.159. The van der Waals surface area contributed by atoms with Gasteiger partial charge in [-0.05, 0) is 19.3 Å². The van der Waals surface area contributed by atoms with Crippen LogP contribution in [0.2, 0.25) is 0 Å². The van der Waals surface area contributed by atoms with Crippen molar-refractivity contribution >= 4 is 46.7 Å². The summed E-state index contributed by atoms with van der Waals surface area (Å²) in [5, 5.41) is 0. The third-order valence-corrected chi connectivity index (χ3v) is 2.74. The number of methoxy groups -OCH3 is 2. The maximum atomic E-state index is 11.3. The molecule has 0 amide bonds. The van der Waals surface area contributed by atoms with Crippen molar-refractivity contribution in [2.75, 3.05) is 14.2 Å². The predicted molar refractivity (Wildman–Crippen MR) is 66.3 cm³/mol. The second-order valence-electron chi connectivity index (χ2n) is 3.46. The van der Waals surface area contributed by atoms with E-state index in [0.29, 0.717) is 25.7 Å². The molecule has 0 rings (SSSR count).